The molecule has 182 valence electrons. The first-order valence-corrected chi connectivity index (χ1v) is 12.9. The van der Waals surface area contributed by atoms with Crippen molar-refractivity contribution in [1.82, 2.24) is 14.8 Å². The molecule has 3 aromatic carbocycles. The van der Waals surface area contributed by atoms with Crippen LogP contribution in [0.15, 0.2) is 85.1 Å². The molecule has 2 amide bonds. The van der Waals surface area contributed by atoms with E-state index in [1.54, 1.807) is 0 Å². The van der Waals surface area contributed by atoms with Gasteiger partial charge in [-0.15, -0.1) is 0 Å². The minimum absolute atomic E-state index is 0.0375. The Morgan fingerprint density at radius 3 is 2.47 bits per heavy atom. The van der Waals surface area contributed by atoms with Gasteiger partial charge in [0.1, 0.15) is 0 Å². The first-order chi connectivity index (χ1) is 17.7. The molecule has 5 heteroatoms. The van der Waals surface area contributed by atoms with Gasteiger partial charge in [0.25, 0.3) is 5.91 Å². The van der Waals surface area contributed by atoms with Gasteiger partial charge in [0.2, 0.25) is 5.91 Å². The fraction of sp³-hybridized carbons (Fsp3) is 0.290. The number of carbonyl (C=O) groups excluding carboxylic acids is 2. The number of H-pyrrole nitrogens is 1. The topological polar surface area (TPSA) is 56.4 Å². The van der Waals surface area contributed by atoms with Gasteiger partial charge in [-0.05, 0) is 59.9 Å². The van der Waals surface area contributed by atoms with Gasteiger partial charge in [0.05, 0.1) is 5.52 Å². The molecular weight excluding hydrogens is 446 g/mol. The zero-order valence-corrected chi connectivity index (χ0v) is 20.4. The number of likely N-dealkylation sites (tertiary alicyclic amines) is 1. The van der Waals surface area contributed by atoms with Crippen molar-refractivity contribution in [2.24, 2.45) is 11.8 Å². The molecule has 2 heterocycles. The Morgan fingerprint density at radius 1 is 0.889 bits per heavy atom. The average Bonchev–Trinajstić information content (AvgIpc) is 3.47. The maximum atomic E-state index is 13.7. The minimum Gasteiger partial charge on any atom is -0.361 e. The summed E-state index contributed by atoms with van der Waals surface area (Å²) in [6.45, 7) is 2.79. The van der Waals surface area contributed by atoms with Gasteiger partial charge in [-0.1, -0.05) is 60.7 Å². The van der Waals surface area contributed by atoms with E-state index in [1.807, 2.05) is 58.5 Å². The molecule has 2 fully saturated rings. The van der Waals surface area contributed by atoms with E-state index in [1.165, 1.54) is 5.39 Å². The molecule has 1 saturated heterocycles. The highest BCUT2D eigenvalue weighted by Crippen LogP contribution is 2.33. The van der Waals surface area contributed by atoms with Crippen LogP contribution in [0.3, 0.4) is 0 Å². The lowest BCUT2D eigenvalue weighted by atomic mass is 10.0. The number of carbonyl (C=O) groups is 2. The lowest BCUT2D eigenvalue weighted by Gasteiger charge is -2.26. The van der Waals surface area contributed by atoms with Crippen LogP contribution in [0, 0.1) is 11.8 Å². The number of aromatic nitrogens is 1. The van der Waals surface area contributed by atoms with E-state index in [0.717, 1.165) is 54.6 Å². The van der Waals surface area contributed by atoms with Crippen LogP contribution in [0.1, 0.15) is 35.2 Å². The summed E-state index contributed by atoms with van der Waals surface area (Å²) < 4.78 is 0. The van der Waals surface area contributed by atoms with Crippen LogP contribution in [0.2, 0.25) is 0 Å². The number of fused-ring (bicyclic) bond motifs is 1. The van der Waals surface area contributed by atoms with Crippen molar-refractivity contribution in [3.05, 3.63) is 96.2 Å². The van der Waals surface area contributed by atoms with E-state index < -0.39 is 0 Å². The van der Waals surface area contributed by atoms with Crippen LogP contribution in [0.25, 0.3) is 22.0 Å². The predicted molar refractivity (Wildman–Crippen MR) is 142 cm³/mol. The molecule has 1 atom stereocenters. The molecule has 1 saturated carbocycles. The summed E-state index contributed by atoms with van der Waals surface area (Å²) in [5, 5.41) is 1.17. The summed E-state index contributed by atoms with van der Waals surface area (Å²) in [6, 6.07) is 26.4. The summed E-state index contributed by atoms with van der Waals surface area (Å²) in [4.78, 5) is 33.6. The van der Waals surface area contributed by atoms with E-state index in [0.29, 0.717) is 30.5 Å². The zero-order chi connectivity index (χ0) is 24.5. The molecule has 1 aromatic heterocycles. The Balaban J connectivity index is 1.21. The normalized spacial score (nSPS) is 17.4. The molecule has 1 aliphatic heterocycles. The third-order valence-electron chi connectivity index (χ3n) is 7.54. The summed E-state index contributed by atoms with van der Waals surface area (Å²) >= 11 is 0. The van der Waals surface area contributed by atoms with Gasteiger partial charge >= 0.3 is 0 Å². The van der Waals surface area contributed by atoms with E-state index in [4.69, 9.17) is 0 Å². The first kappa shape index (κ1) is 22.6. The van der Waals surface area contributed by atoms with Crippen molar-refractivity contribution in [2.75, 3.05) is 19.6 Å². The molecule has 0 radical (unpaired) electrons. The Labute approximate surface area is 211 Å². The van der Waals surface area contributed by atoms with Gasteiger partial charge in [-0.2, -0.15) is 0 Å². The number of hydrogen-bond acceptors (Lipinski definition) is 2. The highest BCUT2D eigenvalue weighted by molar-refractivity contribution is 5.97. The number of rotatable bonds is 7. The number of para-hydroxylation sites is 1. The Kier molecular flexibility index (Phi) is 6.06. The van der Waals surface area contributed by atoms with Crippen LogP contribution >= 0.6 is 0 Å². The van der Waals surface area contributed by atoms with Gasteiger partial charge in [-0.25, -0.2) is 0 Å². The third kappa shape index (κ3) is 4.66. The molecule has 0 bridgehead atoms. The van der Waals surface area contributed by atoms with Crippen molar-refractivity contribution in [3.63, 3.8) is 0 Å². The van der Waals surface area contributed by atoms with E-state index >= 15 is 0 Å². The molecule has 36 heavy (non-hydrogen) atoms. The Morgan fingerprint density at radius 2 is 1.69 bits per heavy atom. The van der Waals surface area contributed by atoms with Crippen molar-refractivity contribution in [3.8, 4) is 11.1 Å². The minimum atomic E-state index is 0.0375. The highest BCUT2D eigenvalue weighted by atomic mass is 16.2. The maximum absolute atomic E-state index is 13.7. The summed E-state index contributed by atoms with van der Waals surface area (Å²) in [5.74, 6) is 0.910. The van der Waals surface area contributed by atoms with Crippen molar-refractivity contribution >= 4 is 22.7 Å². The van der Waals surface area contributed by atoms with Crippen LogP contribution in [-0.4, -0.2) is 46.2 Å². The second-order valence-corrected chi connectivity index (χ2v) is 10.2. The maximum Gasteiger partial charge on any atom is 0.254 e. The van der Waals surface area contributed by atoms with Gasteiger partial charge in [0.15, 0.2) is 0 Å². The molecule has 1 aliphatic carbocycles. The second-order valence-electron chi connectivity index (χ2n) is 10.2. The van der Waals surface area contributed by atoms with E-state index in [-0.39, 0.29) is 11.8 Å². The summed E-state index contributed by atoms with van der Waals surface area (Å²) in [5.41, 5.74) is 5.12. The largest absolute Gasteiger partial charge is 0.361 e. The molecule has 0 spiro atoms. The smallest absolute Gasteiger partial charge is 0.254 e. The third-order valence-corrected chi connectivity index (χ3v) is 7.54. The van der Waals surface area contributed by atoms with Gasteiger partial charge < -0.3 is 14.8 Å². The van der Waals surface area contributed by atoms with Crippen LogP contribution in [0.4, 0.5) is 0 Å². The molecule has 2 aliphatic rings. The number of aromatic amines is 1. The fourth-order valence-corrected chi connectivity index (χ4v) is 5.41. The van der Waals surface area contributed by atoms with Crippen LogP contribution in [0.5, 0.6) is 0 Å². The van der Waals surface area contributed by atoms with E-state index in [9.17, 15) is 9.59 Å². The molecular formula is C31H31N3O2. The Bertz CT molecular complexity index is 1370. The van der Waals surface area contributed by atoms with Gasteiger partial charge in [-0.3, -0.25) is 9.59 Å². The molecule has 4 aromatic rings. The lowest BCUT2D eigenvalue weighted by molar-refractivity contribution is -0.131. The number of amides is 2. The second kappa shape index (κ2) is 9.65. The SMILES string of the molecule is O=C(c1ccc(-c2cccc3cc[nH]c23)cc1)N(Cc1ccccc1)CC1CCN(C(=O)C2CC2)C1. The van der Waals surface area contributed by atoms with Crippen molar-refractivity contribution in [2.45, 2.75) is 25.8 Å². The average molecular weight is 478 g/mol. The summed E-state index contributed by atoms with van der Waals surface area (Å²) in [7, 11) is 0. The first-order valence-electron chi connectivity index (χ1n) is 12.9. The van der Waals surface area contributed by atoms with Crippen LogP contribution in [-0.2, 0) is 11.3 Å². The number of hydrogen-bond donors (Lipinski definition) is 1. The summed E-state index contributed by atoms with van der Waals surface area (Å²) in [6.07, 6.45) is 4.98. The van der Waals surface area contributed by atoms with Gasteiger partial charge in [0, 0.05) is 49.4 Å². The molecule has 5 nitrogen and oxygen atoms in total. The van der Waals surface area contributed by atoms with Crippen molar-refractivity contribution < 1.29 is 9.59 Å². The molecule has 6 rings (SSSR count). The Hall–Kier alpha value is -3.86. The number of benzene rings is 3. The number of nitrogens with one attached hydrogen (secondary N) is 1. The number of nitrogens with zero attached hydrogens (tertiary/aromatic N) is 2. The zero-order valence-electron chi connectivity index (χ0n) is 20.4. The van der Waals surface area contributed by atoms with Crippen molar-refractivity contribution in [1.29, 1.82) is 0 Å². The fourth-order valence-electron chi connectivity index (χ4n) is 5.41. The standard InChI is InChI=1S/C31H31N3O2/c35-30(26-13-14-26)33-18-16-23(20-33)21-34(19-22-5-2-1-3-6-22)31(36)27-11-9-24(10-12-27)28-8-4-7-25-15-17-32-29(25)28/h1-12,15,17,23,26,32H,13-14,16,18-21H2. The predicted octanol–water partition coefficient (Wildman–Crippen LogP) is 5.74. The highest BCUT2D eigenvalue weighted by Gasteiger charge is 2.37. The molecule has 1 N–H and O–H groups in total. The van der Waals surface area contributed by atoms with E-state index in [2.05, 4.69) is 41.4 Å². The quantitative estimate of drug-likeness (QED) is 0.369. The lowest BCUT2D eigenvalue weighted by Crippen LogP contribution is -2.37. The monoisotopic (exact) mass is 477 g/mol. The van der Waals surface area contributed by atoms with Crippen LogP contribution < -0.4 is 0 Å². The molecule has 1 unspecified atom stereocenters.